The van der Waals surface area contributed by atoms with Crippen LogP contribution in [0.5, 0.6) is 5.88 Å². The lowest BCUT2D eigenvalue weighted by Gasteiger charge is -2.13. The number of benzene rings is 1. The van der Waals surface area contributed by atoms with E-state index in [-0.39, 0.29) is 12.3 Å². The van der Waals surface area contributed by atoms with Gasteiger partial charge in [0.15, 0.2) is 5.71 Å². The molecular formula is C18H21N3O4. The number of hydrogen-bond donors (Lipinski definition) is 0. The average molecular weight is 343 g/mol. The first-order chi connectivity index (χ1) is 12.0. The molecule has 2 rings (SSSR count). The highest BCUT2D eigenvalue weighted by atomic mass is 16.6. The Kier molecular flexibility index (Phi) is 6.05. The van der Waals surface area contributed by atoms with E-state index in [0.717, 1.165) is 16.8 Å². The third kappa shape index (κ3) is 4.32. The van der Waals surface area contributed by atoms with Crippen molar-refractivity contribution < 1.29 is 19.1 Å². The van der Waals surface area contributed by atoms with Gasteiger partial charge in [-0.1, -0.05) is 29.4 Å². The van der Waals surface area contributed by atoms with E-state index in [1.165, 1.54) is 14.2 Å². The van der Waals surface area contributed by atoms with Crippen LogP contribution in [0.15, 0.2) is 29.4 Å². The average Bonchev–Trinajstić information content (AvgIpc) is 2.61. The van der Waals surface area contributed by atoms with Gasteiger partial charge in [0.2, 0.25) is 5.88 Å². The molecule has 1 heterocycles. The fourth-order valence-corrected chi connectivity index (χ4v) is 2.29. The summed E-state index contributed by atoms with van der Waals surface area (Å²) in [5.74, 6) is 0.574. The van der Waals surface area contributed by atoms with Gasteiger partial charge >= 0.3 is 5.97 Å². The molecule has 0 aliphatic carbocycles. The van der Waals surface area contributed by atoms with Gasteiger partial charge in [-0.3, -0.25) is 0 Å². The van der Waals surface area contributed by atoms with Crippen molar-refractivity contribution in [1.29, 1.82) is 0 Å². The lowest BCUT2D eigenvalue weighted by Crippen LogP contribution is -2.20. The summed E-state index contributed by atoms with van der Waals surface area (Å²) >= 11 is 0. The van der Waals surface area contributed by atoms with Crippen molar-refractivity contribution in [2.24, 2.45) is 5.16 Å². The van der Waals surface area contributed by atoms with E-state index in [2.05, 4.69) is 15.1 Å². The number of carbonyl (C=O) groups excluding carboxylic acids is 1. The fraction of sp³-hybridized carbons (Fsp3) is 0.333. The predicted octanol–water partition coefficient (Wildman–Crippen LogP) is 2.50. The second-order valence-corrected chi connectivity index (χ2v) is 5.35. The van der Waals surface area contributed by atoms with E-state index in [4.69, 9.17) is 14.3 Å². The van der Waals surface area contributed by atoms with Crippen LogP contribution in [-0.4, -0.2) is 35.9 Å². The molecule has 1 aromatic carbocycles. The third-order valence-electron chi connectivity index (χ3n) is 3.65. The Bertz CT molecular complexity index is 803. The van der Waals surface area contributed by atoms with Crippen molar-refractivity contribution in [2.75, 3.05) is 14.2 Å². The van der Waals surface area contributed by atoms with Gasteiger partial charge < -0.3 is 14.3 Å². The molecule has 0 aliphatic heterocycles. The van der Waals surface area contributed by atoms with Crippen LogP contribution in [0.1, 0.15) is 28.2 Å². The van der Waals surface area contributed by atoms with E-state index < -0.39 is 5.97 Å². The summed E-state index contributed by atoms with van der Waals surface area (Å²) in [5.41, 5.74) is 3.16. The van der Waals surface area contributed by atoms with Crippen molar-refractivity contribution in [1.82, 2.24) is 9.97 Å². The zero-order chi connectivity index (χ0) is 18.4. The molecule has 25 heavy (non-hydrogen) atoms. The van der Waals surface area contributed by atoms with E-state index in [0.29, 0.717) is 17.3 Å². The molecule has 1 aromatic heterocycles. The molecule has 0 N–H and O–H groups in total. The normalized spacial score (nSPS) is 11.2. The Balaban J connectivity index is 2.33. The maximum Gasteiger partial charge on any atom is 0.360 e. The van der Waals surface area contributed by atoms with Crippen LogP contribution >= 0.6 is 0 Å². The number of esters is 1. The minimum absolute atomic E-state index is 0.0796. The van der Waals surface area contributed by atoms with E-state index in [9.17, 15) is 4.79 Å². The lowest BCUT2D eigenvalue weighted by atomic mass is 10.0. The number of aryl methyl sites for hydroxylation is 2. The summed E-state index contributed by atoms with van der Waals surface area (Å²) in [7, 11) is 2.67. The van der Waals surface area contributed by atoms with Crippen LogP contribution < -0.4 is 4.74 Å². The summed E-state index contributed by atoms with van der Waals surface area (Å²) in [4.78, 5) is 25.4. The van der Waals surface area contributed by atoms with Gasteiger partial charge in [0.05, 0.1) is 7.11 Å². The number of oxime groups is 1. The van der Waals surface area contributed by atoms with Crippen LogP contribution in [0.25, 0.3) is 0 Å². The molecule has 132 valence electrons. The standard InChI is InChI=1S/C18H21N3O4/c1-11-12(2)19-13(3)20-17(11)25-10-14-8-6-7-9-15(14)16(21-24-5)18(22)23-4/h6-9H,10H2,1-5H3/b21-16-. The summed E-state index contributed by atoms with van der Waals surface area (Å²) in [6.07, 6.45) is 0. The van der Waals surface area contributed by atoms with Gasteiger partial charge in [-0.15, -0.1) is 0 Å². The molecule has 0 amide bonds. The molecule has 0 fully saturated rings. The van der Waals surface area contributed by atoms with Gasteiger partial charge in [0.1, 0.15) is 19.5 Å². The van der Waals surface area contributed by atoms with E-state index in [1.807, 2.05) is 32.9 Å². The molecule has 0 bridgehead atoms. The van der Waals surface area contributed by atoms with Gasteiger partial charge in [0, 0.05) is 16.8 Å². The molecule has 0 atom stereocenters. The monoisotopic (exact) mass is 343 g/mol. The van der Waals surface area contributed by atoms with Gasteiger partial charge in [-0.2, -0.15) is 4.98 Å². The Hall–Kier alpha value is -2.96. The first kappa shape index (κ1) is 18.4. The van der Waals surface area contributed by atoms with Crippen LogP contribution in [0.2, 0.25) is 0 Å². The van der Waals surface area contributed by atoms with Crippen molar-refractivity contribution in [3.8, 4) is 5.88 Å². The Morgan fingerprint density at radius 1 is 1.12 bits per heavy atom. The highest BCUT2D eigenvalue weighted by Crippen LogP contribution is 2.20. The molecule has 0 saturated carbocycles. The number of ether oxygens (including phenoxy) is 2. The van der Waals surface area contributed by atoms with Crippen LogP contribution in [0, 0.1) is 20.8 Å². The quantitative estimate of drug-likeness (QED) is 0.455. The number of hydrogen-bond acceptors (Lipinski definition) is 7. The Morgan fingerprint density at radius 2 is 1.84 bits per heavy atom. The van der Waals surface area contributed by atoms with E-state index >= 15 is 0 Å². The summed E-state index contributed by atoms with van der Waals surface area (Å²) in [6.45, 7) is 5.84. The molecule has 0 aliphatic rings. The number of rotatable bonds is 6. The second kappa shape index (κ2) is 8.23. The Labute approximate surface area is 146 Å². The summed E-state index contributed by atoms with van der Waals surface area (Å²) < 4.78 is 10.6. The van der Waals surface area contributed by atoms with Crippen molar-refractivity contribution in [3.63, 3.8) is 0 Å². The minimum Gasteiger partial charge on any atom is -0.472 e. The maximum atomic E-state index is 12.0. The van der Waals surface area contributed by atoms with Crippen molar-refractivity contribution >= 4 is 11.7 Å². The van der Waals surface area contributed by atoms with Crippen molar-refractivity contribution in [2.45, 2.75) is 27.4 Å². The highest BCUT2D eigenvalue weighted by Gasteiger charge is 2.19. The zero-order valence-electron chi connectivity index (χ0n) is 15.0. The number of carbonyl (C=O) groups is 1. The van der Waals surface area contributed by atoms with Gasteiger partial charge in [0.25, 0.3) is 0 Å². The summed E-state index contributed by atoms with van der Waals surface area (Å²) in [5, 5.41) is 3.79. The number of nitrogens with zero attached hydrogens (tertiary/aromatic N) is 3. The molecule has 7 nitrogen and oxygen atoms in total. The first-order valence-corrected chi connectivity index (χ1v) is 7.70. The van der Waals surface area contributed by atoms with Crippen LogP contribution in [0.4, 0.5) is 0 Å². The summed E-state index contributed by atoms with van der Waals surface area (Å²) in [6, 6.07) is 7.26. The molecule has 7 heteroatoms. The first-order valence-electron chi connectivity index (χ1n) is 7.70. The topological polar surface area (TPSA) is 82.9 Å². The Morgan fingerprint density at radius 3 is 2.52 bits per heavy atom. The lowest BCUT2D eigenvalue weighted by molar-refractivity contribution is -0.132. The van der Waals surface area contributed by atoms with Crippen molar-refractivity contribution in [3.05, 3.63) is 52.5 Å². The predicted molar refractivity (Wildman–Crippen MR) is 92.6 cm³/mol. The van der Waals surface area contributed by atoms with Gasteiger partial charge in [-0.05, 0) is 26.3 Å². The second-order valence-electron chi connectivity index (χ2n) is 5.35. The number of methoxy groups -OCH3 is 1. The van der Waals surface area contributed by atoms with Crippen LogP contribution in [0.3, 0.4) is 0 Å². The smallest absolute Gasteiger partial charge is 0.360 e. The molecule has 2 aromatic rings. The number of aromatic nitrogens is 2. The fourth-order valence-electron chi connectivity index (χ4n) is 2.29. The van der Waals surface area contributed by atoms with E-state index in [1.54, 1.807) is 12.1 Å². The SMILES string of the molecule is CO/N=C(\C(=O)OC)c1ccccc1COc1nc(C)nc(C)c1C. The van der Waals surface area contributed by atoms with Gasteiger partial charge in [-0.25, -0.2) is 9.78 Å². The molecule has 0 saturated heterocycles. The highest BCUT2D eigenvalue weighted by molar-refractivity contribution is 6.43. The third-order valence-corrected chi connectivity index (χ3v) is 3.65. The molecular weight excluding hydrogens is 322 g/mol. The zero-order valence-corrected chi connectivity index (χ0v) is 15.0. The minimum atomic E-state index is -0.584. The largest absolute Gasteiger partial charge is 0.472 e. The van der Waals surface area contributed by atoms with Crippen LogP contribution in [-0.2, 0) is 21.0 Å². The maximum absolute atomic E-state index is 12.0. The molecule has 0 radical (unpaired) electrons. The molecule has 0 spiro atoms. The molecule has 0 unspecified atom stereocenters.